The molecule has 0 spiro atoms. The minimum absolute atomic E-state index is 0.0204. The van der Waals surface area contributed by atoms with Crippen LogP contribution in [0.5, 0.6) is 0 Å². The molecular formula is C16H15ClF2O. The van der Waals surface area contributed by atoms with Gasteiger partial charge in [-0.1, -0.05) is 35.9 Å². The van der Waals surface area contributed by atoms with E-state index < -0.39 is 11.4 Å². The van der Waals surface area contributed by atoms with Crippen LogP contribution in [0.15, 0.2) is 42.5 Å². The van der Waals surface area contributed by atoms with Crippen molar-refractivity contribution >= 4 is 11.6 Å². The molecule has 2 aromatic rings. The van der Waals surface area contributed by atoms with E-state index in [0.29, 0.717) is 11.1 Å². The second-order valence-electron chi connectivity index (χ2n) is 5.19. The van der Waals surface area contributed by atoms with Crippen LogP contribution in [-0.2, 0) is 12.8 Å². The number of benzene rings is 2. The summed E-state index contributed by atoms with van der Waals surface area (Å²) < 4.78 is 26.5. The Morgan fingerprint density at radius 1 is 1.10 bits per heavy atom. The van der Waals surface area contributed by atoms with E-state index in [2.05, 4.69) is 0 Å². The molecule has 0 aliphatic carbocycles. The molecule has 20 heavy (non-hydrogen) atoms. The zero-order chi connectivity index (χ0) is 14.8. The first-order valence-electron chi connectivity index (χ1n) is 6.27. The lowest BCUT2D eigenvalue weighted by Crippen LogP contribution is -2.30. The summed E-state index contributed by atoms with van der Waals surface area (Å²) in [5.41, 5.74) is 0.0844. The van der Waals surface area contributed by atoms with Crippen LogP contribution in [0, 0.1) is 11.6 Å². The second-order valence-corrected chi connectivity index (χ2v) is 5.57. The van der Waals surface area contributed by atoms with Crippen molar-refractivity contribution in [2.45, 2.75) is 25.4 Å². The molecule has 0 saturated heterocycles. The average Bonchev–Trinajstić information content (AvgIpc) is 2.34. The Balaban J connectivity index is 2.16. The van der Waals surface area contributed by atoms with Gasteiger partial charge < -0.3 is 5.11 Å². The van der Waals surface area contributed by atoms with Gasteiger partial charge in [0.15, 0.2) is 0 Å². The summed E-state index contributed by atoms with van der Waals surface area (Å²) in [5.74, 6) is -0.854. The van der Waals surface area contributed by atoms with Gasteiger partial charge in [-0.2, -0.15) is 0 Å². The number of aliphatic hydroxyl groups is 1. The molecule has 1 atom stereocenters. The van der Waals surface area contributed by atoms with Gasteiger partial charge in [-0.25, -0.2) is 8.78 Å². The molecule has 0 aromatic heterocycles. The molecule has 4 heteroatoms. The van der Waals surface area contributed by atoms with E-state index in [-0.39, 0.29) is 23.7 Å². The lowest BCUT2D eigenvalue weighted by atomic mass is 9.90. The Hall–Kier alpha value is -1.45. The largest absolute Gasteiger partial charge is 0.389 e. The zero-order valence-corrected chi connectivity index (χ0v) is 11.8. The van der Waals surface area contributed by atoms with Gasteiger partial charge in [-0.15, -0.1) is 0 Å². The third-order valence-electron chi connectivity index (χ3n) is 3.08. The molecule has 0 fully saturated rings. The highest BCUT2D eigenvalue weighted by molar-refractivity contribution is 6.31. The molecule has 2 aromatic carbocycles. The number of hydrogen-bond donors (Lipinski definition) is 1. The Kier molecular flexibility index (Phi) is 4.41. The monoisotopic (exact) mass is 296 g/mol. The maximum Gasteiger partial charge on any atom is 0.142 e. The van der Waals surface area contributed by atoms with Crippen molar-refractivity contribution in [2.24, 2.45) is 0 Å². The van der Waals surface area contributed by atoms with E-state index in [9.17, 15) is 13.9 Å². The summed E-state index contributed by atoms with van der Waals surface area (Å²) >= 11 is 5.88. The van der Waals surface area contributed by atoms with Crippen molar-refractivity contribution in [3.05, 3.63) is 70.2 Å². The van der Waals surface area contributed by atoms with Crippen molar-refractivity contribution in [3.63, 3.8) is 0 Å². The normalized spacial score (nSPS) is 14.1. The van der Waals surface area contributed by atoms with E-state index in [1.807, 2.05) is 0 Å². The zero-order valence-electron chi connectivity index (χ0n) is 11.0. The molecule has 0 heterocycles. The molecule has 0 saturated carbocycles. The van der Waals surface area contributed by atoms with Crippen LogP contribution in [-0.4, -0.2) is 10.7 Å². The van der Waals surface area contributed by atoms with Gasteiger partial charge in [-0.05, 0) is 36.2 Å². The maximum atomic E-state index is 13.4. The first-order chi connectivity index (χ1) is 9.37. The summed E-state index contributed by atoms with van der Waals surface area (Å²) in [6.45, 7) is 1.62. The molecule has 0 bridgehead atoms. The summed E-state index contributed by atoms with van der Waals surface area (Å²) in [6.07, 6.45) is 0.456. The first kappa shape index (κ1) is 14.9. The lowest BCUT2D eigenvalue weighted by Gasteiger charge is -2.24. The molecule has 2 rings (SSSR count). The van der Waals surface area contributed by atoms with Gasteiger partial charge in [0.05, 0.1) is 10.6 Å². The van der Waals surface area contributed by atoms with Gasteiger partial charge in [0.1, 0.15) is 11.6 Å². The number of hydrogen-bond acceptors (Lipinski definition) is 1. The molecule has 106 valence electrons. The highest BCUT2D eigenvalue weighted by atomic mass is 35.5. The van der Waals surface area contributed by atoms with E-state index in [1.54, 1.807) is 31.2 Å². The second kappa shape index (κ2) is 5.90. The summed E-state index contributed by atoms with van der Waals surface area (Å²) in [7, 11) is 0. The fourth-order valence-corrected chi connectivity index (χ4v) is 2.44. The molecular weight excluding hydrogens is 282 g/mol. The quantitative estimate of drug-likeness (QED) is 0.898. The predicted octanol–water partition coefficient (Wildman–Crippen LogP) is 4.15. The van der Waals surface area contributed by atoms with Crippen LogP contribution in [0.3, 0.4) is 0 Å². The van der Waals surface area contributed by atoms with Crippen molar-refractivity contribution in [3.8, 4) is 0 Å². The third-order valence-corrected chi connectivity index (χ3v) is 3.50. The van der Waals surface area contributed by atoms with Crippen LogP contribution in [0.2, 0.25) is 5.02 Å². The van der Waals surface area contributed by atoms with E-state index in [4.69, 9.17) is 11.6 Å². The average molecular weight is 297 g/mol. The van der Waals surface area contributed by atoms with E-state index >= 15 is 0 Å². The maximum absolute atomic E-state index is 13.4. The van der Waals surface area contributed by atoms with Crippen LogP contribution in [0.25, 0.3) is 0 Å². The Bertz CT molecular complexity index is 611. The highest BCUT2D eigenvalue weighted by Crippen LogP contribution is 2.26. The number of rotatable bonds is 4. The van der Waals surface area contributed by atoms with Crippen LogP contribution >= 0.6 is 11.6 Å². The Morgan fingerprint density at radius 3 is 2.50 bits per heavy atom. The Morgan fingerprint density at radius 2 is 1.80 bits per heavy atom. The molecule has 1 unspecified atom stereocenters. The third kappa shape index (κ3) is 3.78. The van der Waals surface area contributed by atoms with Gasteiger partial charge in [-0.3, -0.25) is 0 Å². The molecule has 0 aliphatic rings. The van der Waals surface area contributed by atoms with Crippen LogP contribution < -0.4 is 0 Å². The smallest absolute Gasteiger partial charge is 0.142 e. The van der Waals surface area contributed by atoms with E-state index in [0.717, 1.165) is 0 Å². The van der Waals surface area contributed by atoms with Gasteiger partial charge >= 0.3 is 0 Å². The molecule has 0 radical (unpaired) electrons. The minimum atomic E-state index is -1.13. The fourth-order valence-electron chi connectivity index (χ4n) is 2.24. The fraction of sp³-hybridized carbons (Fsp3) is 0.250. The topological polar surface area (TPSA) is 20.2 Å². The first-order valence-corrected chi connectivity index (χ1v) is 6.65. The van der Waals surface area contributed by atoms with Crippen molar-refractivity contribution in [1.29, 1.82) is 0 Å². The molecule has 0 amide bonds. The van der Waals surface area contributed by atoms with E-state index in [1.165, 1.54) is 18.2 Å². The summed E-state index contributed by atoms with van der Waals surface area (Å²) in [4.78, 5) is 0. The Labute approximate surface area is 121 Å². The van der Waals surface area contributed by atoms with Gasteiger partial charge in [0, 0.05) is 12.8 Å². The van der Waals surface area contributed by atoms with Crippen molar-refractivity contribution < 1.29 is 13.9 Å². The molecule has 1 N–H and O–H groups in total. The molecule has 1 nitrogen and oxygen atoms in total. The standard InChI is InChI=1S/C16H15ClF2O/c1-16(20,9-11-4-2-6-13(18)8-11)10-12-5-3-7-14(19)15(12)17/h2-8,20H,9-10H2,1H3. The lowest BCUT2D eigenvalue weighted by molar-refractivity contribution is 0.0607. The van der Waals surface area contributed by atoms with Crippen LogP contribution in [0.4, 0.5) is 8.78 Å². The van der Waals surface area contributed by atoms with Gasteiger partial charge in [0.2, 0.25) is 0 Å². The van der Waals surface area contributed by atoms with Crippen molar-refractivity contribution in [2.75, 3.05) is 0 Å². The minimum Gasteiger partial charge on any atom is -0.389 e. The van der Waals surface area contributed by atoms with Gasteiger partial charge in [0.25, 0.3) is 0 Å². The predicted molar refractivity (Wildman–Crippen MR) is 75.8 cm³/mol. The number of halogens is 3. The van der Waals surface area contributed by atoms with Crippen LogP contribution in [0.1, 0.15) is 18.1 Å². The SMILES string of the molecule is CC(O)(Cc1cccc(F)c1)Cc1cccc(F)c1Cl. The highest BCUT2D eigenvalue weighted by Gasteiger charge is 2.23. The summed E-state index contributed by atoms with van der Waals surface area (Å²) in [6, 6.07) is 10.6. The molecule has 0 aliphatic heterocycles. The van der Waals surface area contributed by atoms with Crippen molar-refractivity contribution in [1.82, 2.24) is 0 Å². The summed E-state index contributed by atoms with van der Waals surface area (Å²) in [5, 5.41) is 10.4.